The van der Waals surface area contributed by atoms with Crippen molar-refractivity contribution in [3.63, 3.8) is 0 Å². The van der Waals surface area contributed by atoms with E-state index in [0.29, 0.717) is 22.8 Å². The number of sulfone groups is 1. The van der Waals surface area contributed by atoms with Gasteiger partial charge in [0, 0.05) is 43.5 Å². The zero-order valence-electron chi connectivity index (χ0n) is 16.0. The van der Waals surface area contributed by atoms with Crippen LogP contribution in [-0.4, -0.2) is 67.9 Å². The van der Waals surface area contributed by atoms with Crippen molar-refractivity contribution in [3.05, 3.63) is 29.6 Å². The largest absolute Gasteiger partial charge is 0.417 e. The predicted molar refractivity (Wildman–Crippen MR) is 99.5 cm³/mol. The van der Waals surface area contributed by atoms with Crippen LogP contribution in [0.1, 0.15) is 24.1 Å². The van der Waals surface area contributed by atoms with Crippen LogP contribution < -0.4 is 0 Å². The van der Waals surface area contributed by atoms with Crippen LogP contribution in [0.5, 0.6) is 0 Å². The fraction of sp³-hybridized carbons (Fsp3) is 0.684. The normalized spacial score (nSPS) is 27.1. The minimum Gasteiger partial charge on any atom is -0.307 e. The second-order valence-electron chi connectivity index (χ2n) is 9.19. The van der Waals surface area contributed by atoms with Gasteiger partial charge in [-0.25, -0.2) is 18.4 Å². The van der Waals surface area contributed by atoms with Gasteiger partial charge in [-0.1, -0.05) is 0 Å². The van der Waals surface area contributed by atoms with Gasteiger partial charge in [0.05, 0.1) is 17.1 Å². The zero-order chi connectivity index (χ0) is 21.1. The van der Waals surface area contributed by atoms with E-state index in [1.165, 1.54) is 6.07 Å². The SMILES string of the molecule is C=O.O=S1(=O)CC2(CN(N3CC4(CC(Cc5ccc(C(F)(F)F)cn5)C4)C3)C2)C1. The van der Waals surface area contributed by atoms with Crippen molar-refractivity contribution in [2.45, 2.75) is 25.4 Å². The van der Waals surface area contributed by atoms with Gasteiger partial charge in [-0.15, -0.1) is 0 Å². The van der Waals surface area contributed by atoms with Crippen LogP contribution in [0.2, 0.25) is 0 Å². The Morgan fingerprint density at radius 3 is 2.03 bits per heavy atom. The molecule has 0 aromatic carbocycles. The van der Waals surface area contributed by atoms with Crippen LogP contribution in [0.15, 0.2) is 18.3 Å². The molecule has 1 aromatic heterocycles. The van der Waals surface area contributed by atoms with E-state index in [1.54, 1.807) is 0 Å². The summed E-state index contributed by atoms with van der Waals surface area (Å²) in [4.78, 5) is 12.0. The van der Waals surface area contributed by atoms with Crippen LogP contribution in [0.3, 0.4) is 0 Å². The summed E-state index contributed by atoms with van der Waals surface area (Å²) in [6.45, 7) is 5.77. The summed E-state index contributed by atoms with van der Waals surface area (Å²) in [5.74, 6) is 1.19. The molecule has 3 saturated heterocycles. The number of hydrogen-bond acceptors (Lipinski definition) is 6. The number of halogens is 3. The van der Waals surface area contributed by atoms with Crippen molar-refractivity contribution >= 4 is 16.6 Å². The Kier molecular flexibility index (Phi) is 4.83. The average Bonchev–Trinajstić information content (AvgIpc) is 2.53. The van der Waals surface area contributed by atoms with E-state index in [1.807, 2.05) is 6.79 Å². The van der Waals surface area contributed by atoms with Gasteiger partial charge >= 0.3 is 6.18 Å². The molecule has 0 bridgehead atoms. The fourth-order valence-electron chi connectivity index (χ4n) is 5.51. The lowest BCUT2D eigenvalue weighted by molar-refractivity contribution is -0.242. The first-order chi connectivity index (χ1) is 13.6. The maximum Gasteiger partial charge on any atom is 0.417 e. The van der Waals surface area contributed by atoms with Gasteiger partial charge in [0.2, 0.25) is 0 Å². The minimum atomic E-state index is -4.33. The molecular weight excluding hydrogens is 407 g/mol. The Morgan fingerprint density at radius 2 is 1.59 bits per heavy atom. The average molecular weight is 431 g/mol. The zero-order valence-corrected chi connectivity index (χ0v) is 16.8. The van der Waals surface area contributed by atoms with E-state index in [-0.39, 0.29) is 5.41 Å². The third kappa shape index (κ3) is 3.82. The molecule has 1 aromatic rings. The molecule has 10 heteroatoms. The van der Waals surface area contributed by atoms with Gasteiger partial charge in [-0.05, 0) is 42.7 Å². The maximum atomic E-state index is 12.6. The highest BCUT2D eigenvalue weighted by Crippen LogP contribution is 2.55. The van der Waals surface area contributed by atoms with E-state index in [0.717, 1.165) is 63.4 Å². The standard InChI is InChI=1S/C18H22F3N3O2S.CH2O/c19-18(20,21)14-1-2-15(22-6-14)3-13-4-16(5-13)7-23(8-16)24-9-17(10-24)11-27(25,26)12-17;1-2/h1-2,6,13H,3-5,7-12H2;1H2. The number of rotatable bonds is 3. The maximum absolute atomic E-state index is 12.6. The van der Waals surface area contributed by atoms with E-state index < -0.39 is 21.6 Å². The molecule has 5 rings (SSSR count). The van der Waals surface area contributed by atoms with Crippen molar-refractivity contribution in [2.24, 2.45) is 16.7 Å². The summed E-state index contributed by atoms with van der Waals surface area (Å²) in [6, 6.07) is 2.61. The molecule has 0 amide bonds. The molecule has 2 spiro atoms. The Hall–Kier alpha value is -1.52. The molecule has 1 saturated carbocycles. The van der Waals surface area contributed by atoms with Crippen LogP contribution in [0, 0.1) is 16.7 Å². The first kappa shape index (κ1) is 20.7. The van der Waals surface area contributed by atoms with Crippen LogP contribution in [0.25, 0.3) is 0 Å². The molecular formula is C19H24F3N3O3S. The molecule has 4 fully saturated rings. The lowest BCUT2D eigenvalue weighted by Crippen LogP contribution is -2.77. The summed E-state index contributed by atoms with van der Waals surface area (Å²) >= 11 is 0. The predicted octanol–water partition coefficient (Wildman–Crippen LogP) is 1.82. The lowest BCUT2D eigenvalue weighted by atomic mass is 9.57. The number of carbonyl (C=O) groups is 1. The number of hydrazine groups is 1. The van der Waals surface area contributed by atoms with Gasteiger partial charge < -0.3 is 4.79 Å². The van der Waals surface area contributed by atoms with Gasteiger partial charge in [-0.3, -0.25) is 4.98 Å². The number of carbonyl (C=O) groups excluding carboxylic acids is 1. The number of aromatic nitrogens is 1. The number of nitrogens with zero attached hydrogens (tertiary/aromatic N) is 3. The van der Waals surface area contributed by atoms with Crippen LogP contribution in [-0.2, 0) is 27.2 Å². The summed E-state index contributed by atoms with van der Waals surface area (Å²) in [5.41, 5.74) is 0.413. The quantitative estimate of drug-likeness (QED) is 0.727. The molecule has 0 radical (unpaired) electrons. The van der Waals surface area contributed by atoms with Crippen molar-refractivity contribution in [1.29, 1.82) is 0 Å². The van der Waals surface area contributed by atoms with Crippen molar-refractivity contribution in [1.82, 2.24) is 15.0 Å². The van der Waals surface area contributed by atoms with Gasteiger partial charge in [-0.2, -0.15) is 13.2 Å². The van der Waals surface area contributed by atoms with Gasteiger partial charge in [0.25, 0.3) is 0 Å². The van der Waals surface area contributed by atoms with Gasteiger partial charge in [0.15, 0.2) is 9.84 Å². The summed E-state index contributed by atoms with van der Waals surface area (Å²) < 4.78 is 60.5. The summed E-state index contributed by atoms with van der Waals surface area (Å²) in [6.07, 6.45) is -0.473. The molecule has 3 aliphatic heterocycles. The molecule has 29 heavy (non-hydrogen) atoms. The molecule has 1 aliphatic carbocycles. The number of hydrogen-bond donors (Lipinski definition) is 0. The molecule has 160 valence electrons. The van der Waals surface area contributed by atoms with Crippen LogP contribution in [0.4, 0.5) is 13.2 Å². The lowest BCUT2D eigenvalue weighted by Gasteiger charge is -2.66. The Morgan fingerprint density at radius 1 is 1.03 bits per heavy atom. The molecule has 0 unspecified atom stereocenters. The van der Waals surface area contributed by atoms with Crippen molar-refractivity contribution in [3.8, 4) is 0 Å². The fourth-order valence-corrected chi connectivity index (χ4v) is 7.65. The second-order valence-corrected chi connectivity index (χ2v) is 11.3. The van der Waals surface area contributed by atoms with E-state index in [2.05, 4.69) is 15.0 Å². The molecule has 0 N–H and O–H groups in total. The first-order valence-corrected chi connectivity index (χ1v) is 11.4. The first-order valence-electron chi connectivity index (χ1n) is 9.57. The van der Waals surface area contributed by atoms with E-state index in [9.17, 15) is 21.6 Å². The Labute approximate surface area is 168 Å². The van der Waals surface area contributed by atoms with Crippen LogP contribution >= 0.6 is 0 Å². The minimum absolute atomic E-state index is 0.0258. The summed E-state index contributed by atoms with van der Waals surface area (Å²) in [5, 5.41) is 4.62. The van der Waals surface area contributed by atoms with E-state index >= 15 is 0 Å². The Bertz CT molecular complexity index is 854. The third-order valence-electron chi connectivity index (χ3n) is 6.62. The third-order valence-corrected chi connectivity index (χ3v) is 8.72. The second kappa shape index (κ2) is 6.75. The molecule has 6 nitrogen and oxygen atoms in total. The van der Waals surface area contributed by atoms with Crippen molar-refractivity contribution < 1.29 is 26.4 Å². The molecule has 0 atom stereocenters. The Balaban J connectivity index is 0.000000994. The highest BCUT2D eigenvalue weighted by Gasteiger charge is 2.61. The topological polar surface area (TPSA) is 70.6 Å². The highest BCUT2D eigenvalue weighted by atomic mass is 32.2. The van der Waals surface area contributed by atoms with Gasteiger partial charge in [0.1, 0.15) is 6.79 Å². The summed E-state index contributed by atoms with van der Waals surface area (Å²) in [7, 11) is -2.77. The molecule has 4 heterocycles. The number of alkyl halides is 3. The monoisotopic (exact) mass is 431 g/mol. The van der Waals surface area contributed by atoms with E-state index in [4.69, 9.17) is 4.79 Å². The van der Waals surface area contributed by atoms with Crippen molar-refractivity contribution in [2.75, 3.05) is 37.7 Å². The highest BCUT2D eigenvalue weighted by molar-refractivity contribution is 7.92. The smallest absolute Gasteiger partial charge is 0.307 e. The molecule has 4 aliphatic rings. The number of pyridine rings is 1.